The van der Waals surface area contributed by atoms with Crippen LogP contribution in [0.15, 0.2) is 24.3 Å². The first kappa shape index (κ1) is 72.5. The van der Waals surface area contributed by atoms with E-state index in [0.717, 1.165) is 116 Å². The van der Waals surface area contributed by atoms with Crippen LogP contribution in [0.25, 0.3) is 0 Å². The molecule has 0 aliphatic heterocycles. The van der Waals surface area contributed by atoms with Crippen molar-refractivity contribution in [2.45, 2.75) is 265 Å². The Morgan fingerprint density at radius 3 is 1.09 bits per heavy atom. The van der Waals surface area contributed by atoms with Gasteiger partial charge in [-0.2, -0.15) is 0 Å². The number of ether oxygens (including phenoxy) is 4. The summed E-state index contributed by atoms with van der Waals surface area (Å²) in [7, 11) is -9.86. The number of rotatable bonds is 54. The third-order valence-corrected chi connectivity index (χ3v) is 14.1. The largest absolute Gasteiger partial charge is 0.472 e. The van der Waals surface area contributed by atoms with Crippen molar-refractivity contribution in [3.05, 3.63) is 24.3 Å². The molecule has 17 nitrogen and oxygen atoms in total. The SMILES string of the molecule is CCCCCC/C=C\C=C/CCCCCCCC(=O)O[C@H](COC(=O)CCCCCCCCCC(C)C)COP(=O)(O)OC[C@@H](O)COP(=O)(O)OC[C@@H](COC(=O)CCCCCCC)OC(=O)CCCCCCC. The van der Waals surface area contributed by atoms with E-state index >= 15 is 0 Å². The maximum absolute atomic E-state index is 12.9. The van der Waals surface area contributed by atoms with Crippen molar-refractivity contribution < 1.29 is 80.2 Å². The molecular weight excluding hydrogens is 1010 g/mol. The van der Waals surface area contributed by atoms with Gasteiger partial charge in [-0.25, -0.2) is 9.13 Å². The molecule has 0 aromatic rings. The molecule has 0 bridgehead atoms. The zero-order chi connectivity index (χ0) is 55.7. The summed E-state index contributed by atoms with van der Waals surface area (Å²) in [5.41, 5.74) is 0. The highest BCUT2D eigenvalue weighted by Crippen LogP contribution is 2.45. The molecule has 0 heterocycles. The first-order valence-electron chi connectivity index (χ1n) is 29.0. The maximum atomic E-state index is 12.9. The minimum absolute atomic E-state index is 0.0838. The van der Waals surface area contributed by atoms with Gasteiger partial charge >= 0.3 is 39.5 Å². The lowest BCUT2D eigenvalue weighted by Gasteiger charge is -2.21. The first-order chi connectivity index (χ1) is 36.0. The molecule has 0 aromatic heterocycles. The molecule has 0 rings (SSSR count). The molecule has 75 heavy (non-hydrogen) atoms. The molecular formula is C56H104O17P2. The quantitative estimate of drug-likeness (QED) is 0.0169. The van der Waals surface area contributed by atoms with Gasteiger partial charge in [0.05, 0.1) is 26.4 Å². The summed E-state index contributed by atoms with van der Waals surface area (Å²) in [6.45, 7) is 6.82. The van der Waals surface area contributed by atoms with Crippen molar-refractivity contribution in [1.82, 2.24) is 0 Å². The molecule has 0 saturated heterocycles. The van der Waals surface area contributed by atoms with Gasteiger partial charge in [-0.3, -0.25) is 37.3 Å². The Hall–Kier alpha value is -2.46. The molecule has 440 valence electrons. The van der Waals surface area contributed by atoms with Crippen LogP contribution < -0.4 is 0 Å². The smallest absolute Gasteiger partial charge is 0.462 e. The molecule has 0 aromatic carbocycles. The van der Waals surface area contributed by atoms with Crippen LogP contribution >= 0.6 is 15.6 Å². The predicted octanol–water partition coefficient (Wildman–Crippen LogP) is 14.2. The van der Waals surface area contributed by atoms with E-state index in [1.807, 2.05) is 0 Å². The van der Waals surface area contributed by atoms with E-state index in [1.165, 1.54) is 44.9 Å². The molecule has 3 N–H and O–H groups in total. The van der Waals surface area contributed by atoms with Crippen LogP contribution in [-0.4, -0.2) is 96.7 Å². The Labute approximate surface area is 452 Å². The molecule has 2 unspecified atom stereocenters. The second-order valence-electron chi connectivity index (χ2n) is 20.1. The highest BCUT2D eigenvalue weighted by molar-refractivity contribution is 7.47. The van der Waals surface area contributed by atoms with Gasteiger partial charge in [0.15, 0.2) is 12.2 Å². The average molecular weight is 1110 g/mol. The van der Waals surface area contributed by atoms with E-state index in [-0.39, 0.29) is 25.7 Å². The summed E-state index contributed by atoms with van der Waals surface area (Å²) in [5, 5.41) is 10.4. The molecule has 0 saturated carbocycles. The predicted molar refractivity (Wildman–Crippen MR) is 294 cm³/mol. The van der Waals surface area contributed by atoms with Crippen molar-refractivity contribution in [1.29, 1.82) is 0 Å². The van der Waals surface area contributed by atoms with Crippen molar-refractivity contribution in [2.24, 2.45) is 5.92 Å². The lowest BCUT2D eigenvalue weighted by Crippen LogP contribution is -2.30. The van der Waals surface area contributed by atoms with E-state index in [1.54, 1.807) is 0 Å². The summed E-state index contributed by atoms with van der Waals surface area (Å²) in [6, 6.07) is 0. The van der Waals surface area contributed by atoms with Gasteiger partial charge in [0.25, 0.3) is 0 Å². The summed E-state index contributed by atoms with van der Waals surface area (Å²) in [4.78, 5) is 71.3. The van der Waals surface area contributed by atoms with Crippen molar-refractivity contribution in [3.63, 3.8) is 0 Å². The Morgan fingerprint density at radius 1 is 0.413 bits per heavy atom. The fraction of sp³-hybridized carbons (Fsp3) is 0.857. The topological polar surface area (TPSA) is 237 Å². The van der Waals surface area contributed by atoms with Crippen LogP contribution in [0.2, 0.25) is 0 Å². The van der Waals surface area contributed by atoms with E-state index in [0.29, 0.717) is 31.6 Å². The van der Waals surface area contributed by atoms with E-state index < -0.39 is 97.5 Å². The number of esters is 4. The molecule has 19 heteroatoms. The third-order valence-electron chi connectivity index (χ3n) is 12.2. The van der Waals surface area contributed by atoms with Crippen LogP contribution in [0.5, 0.6) is 0 Å². The minimum Gasteiger partial charge on any atom is -0.462 e. The second-order valence-corrected chi connectivity index (χ2v) is 23.0. The van der Waals surface area contributed by atoms with E-state index in [2.05, 4.69) is 58.9 Å². The summed E-state index contributed by atoms with van der Waals surface area (Å²) < 4.78 is 67.2. The number of carbonyl (C=O) groups excluding carboxylic acids is 4. The number of phosphoric ester groups is 2. The second kappa shape index (κ2) is 49.8. The van der Waals surface area contributed by atoms with Crippen molar-refractivity contribution in [2.75, 3.05) is 39.6 Å². The van der Waals surface area contributed by atoms with Gasteiger partial charge in [0, 0.05) is 25.7 Å². The summed E-state index contributed by atoms with van der Waals surface area (Å²) >= 11 is 0. The highest BCUT2D eigenvalue weighted by Gasteiger charge is 2.30. The minimum atomic E-state index is -4.94. The number of carbonyl (C=O) groups is 4. The Morgan fingerprint density at radius 2 is 0.720 bits per heavy atom. The van der Waals surface area contributed by atoms with E-state index in [9.17, 15) is 43.2 Å². The summed E-state index contributed by atoms with van der Waals surface area (Å²) in [6.07, 6.45) is 33.8. The molecule has 0 radical (unpaired) electrons. The van der Waals surface area contributed by atoms with Gasteiger partial charge in [0.2, 0.25) is 0 Å². The van der Waals surface area contributed by atoms with Gasteiger partial charge in [0.1, 0.15) is 19.3 Å². The number of hydrogen-bond donors (Lipinski definition) is 3. The molecule has 0 amide bonds. The van der Waals surface area contributed by atoms with Gasteiger partial charge in [-0.15, -0.1) is 0 Å². The monoisotopic (exact) mass is 1110 g/mol. The fourth-order valence-corrected chi connectivity index (χ4v) is 9.21. The Balaban J connectivity index is 5.18. The standard InChI is InChI=1S/C56H104O17P2/c1-6-9-12-15-16-17-18-19-20-21-22-23-26-32-37-42-56(61)73-52(46-67-54(59)40-35-31-27-24-25-30-33-38-49(4)5)48-71-75(64,65)69-44-50(57)43-68-74(62,63)70-47-51(72-55(60)41-36-29-14-11-8-3)45-66-53(58)39-34-28-13-10-7-2/h17-20,49-52,57H,6-16,21-48H2,1-5H3,(H,62,63)(H,64,65)/b18-17-,20-19-/t50-,51+,52+/m0/s1. The lowest BCUT2D eigenvalue weighted by molar-refractivity contribution is -0.161. The fourth-order valence-electron chi connectivity index (χ4n) is 7.63. The zero-order valence-corrected chi connectivity index (χ0v) is 48.9. The van der Waals surface area contributed by atoms with Gasteiger partial charge < -0.3 is 33.8 Å². The van der Waals surface area contributed by atoms with Crippen LogP contribution in [-0.2, 0) is 65.4 Å². The van der Waals surface area contributed by atoms with Gasteiger partial charge in [-0.05, 0) is 57.3 Å². The molecule has 0 aliphatic carbocycles. The number of aliphatic hydroxyl groups excluding tert-OH is 1. The molecule has 5 atom stereocenters. The Kier molecular flexibility index (Phi) is 48.2. The van der Waals surface area contributed by atoms with Crippen LogP contribution in [0.4, 0.5) is 0 Å². The number of hydrogen-bond acceptors (Lipinski definition) is 15. The average Bonchev–Trinajstić information content (AvgIpc) is 3.37. The number of phosphoric acid groups is 2. The van der Waals surface area contributed by atoms with Gasteiger partial charge in [-0.1, -0.05) is 194 Å². The van der Waals surface area contributed by atoms with Crippen molar-refractivity contribution >= 4 is 39.5 Å². The van der Waals surface area contributed by atoms with Crippen LogP contribution in [0.3, 0.4) is 0 Å². The van der Waals surface area contributed by atoms with Crippen molar-refractivity contribution in [3.8, 4) is 0 Å². The third kappa shape index (κ3) is 50.8. The number of allylic oxidation sites excluding steroid dienone is 4. The molecule has 0 spiro atoms. The van der Waals surface area contributed by atoms with E-state index in [4.69, 9.17) is 37.0 Å². The van der Waals surface area contributed by atoms with Crippen LogP contribution in [0, 0.1) is 5.92 Å². The highest BCUT2D eigenvalue weighted by atomic mass is 31.2. The number of unbranched alkanes of at least 4 members (excludes halogenated alkanes) is 23. The molecule has 0 aliphatic rings. The number of aliphatic hydroxyl groups is 1. The first-order valence-corrected chi connectivity index (χ1v) is 31.9. The lowest BCUT2D eigenvalue weighted by atomic mass is 10.0. The normalized spacial score (nSPS) is 14.7. The van der Waals surface area contributed by atoms with Crippen LogP contribution in [0.1, 0.15) is 247 Å². The summed E-state index contributed by atoms with van der Waals surface area (Å²) in [5.74, 6) is -1.50. The Bertz CT molecular complexity index is 1570. The zero-order valence-electron chi connectivity index (χ0n) is 47.1. The maximum Gasteiger partial charge on any atom is 0.472 e. The molecule has 0 fully saturated rings.